The fraction of sp³-hybridized carbons (Fsp3) is 0.263. The number of rotatable bonds is 5. The average Bonchev–Trinajstić information content (AvgIpc) is 3.32. The van der Waals surface area contributed by atoms with E-state index in [9.17, 15) is 14.4 Å². The van der Waals surface area contributed by atoms with Crippen LogP contribution in [0.1, 0.15) is 33.6 Å². The van der Waals surface area contributed by atoms with Crippen LogP contribution in [0.15, 0.2) is 41.5 Å². The van der Waals surface area contributed by atoms with E-state index in [4.69, 9.17) is 10.5 Å². The maximum Gasteiger partial charge on any atom is 0.275 e. The number of aromatic amines is 1. The molecule has 3 heterocycles. The molecule has 2 amide bonds. The van der Waals surface area contributed by atoms with E-state index in [2.05, 4.69) is 15.5 Å². The Morgan fingerprint density at radius 3 is 2.86 bits per heavy atom. The minimum absolute atomic E-state index is 0.0379. The van der Waals surface area contributed by atoms with Gasteiger partial charge in [-0.15, -0.1) is 0 Å². The lowest BCUT2D eigenvalue weighted by molar-refractivity contribution is 0.0961. The monoisotopic (exact) mass is 381 g/mol. The summed E-state index contributed by atoms with van der Waals surface area (Å²) in [5, 5.41) is 9.05. The number of nitrogens with one attached hydrogen (secondary N) is 2. The normalized spacial score (nSPS) is 16.4. The molecule has 0 radical (unpaired) electrons. The Hall–Kier alpha value is -3.46. The van der Waals surface area contributed by atoms with Gasteiger partial charge < -0.3 is 20.4 Å². The number of carbonyl (C=O) groups excluding carboxylic acids is 2. The number of H-pyrrole nitrogens is 1. The summed E-state index contributed by atoms with van der Waals surface area (Å²) < 4.78 is 7.41. The third-order valence-electron chi connectivity index (χ3n) is 4.74. The minimum Gasteiger partial charge on any atom is -0.376 e. The van der Waals surface area contributed by atoms with Gasteiger partial charge in [0.2, 0.25) is 0 Å². The van der Waals surface area contributed by atoms with Crippen LogP contribution in [0.5, 0.6) is 0 Å². The summed E-state index contributed by atoms with van der Waals surface area (Å²) in [5.74, 6) is -1.14. The molecule has 28 heavy (non-hydrogen) atoms. The zero-order valence-electron chi connectivity index (χ0n) is 15.0. The topological polar surface area (TPSA) is 132 Å². The number of hydrogen-bond donors (Lipinski definition) is 3. The predicted octanol–water partition coefficient (Wildman–Crippen LogP) is 1.21. The second kappa shape index (κ2) is 7.28. The van der Waals surface area contributed by atoms with Crippen molar-refractivity contribution in [2.24, 2.45) is 5.73 Å². The molecule has 3 aliphatic rings. The van der Waals surface area contributed by atoms with Crippen molar-refractivity contribution in [3.63, 3.8) is 0 Å². The van der Waals surface area contributed by atoms with Crippen molar-refractivity contribution >= 4 is 17.5 Å². The highest BCUT2D eigenvalue weighted by Gasteiger charge is 2.24. The van der Waals surface area contributed by atoms with Gasteiger partial charge in [0.1, 0.15) is 5.69 Å². The summed E-state index contributed by atoms with van der Waals surface area (Å²) >= 11 is 0. The third kappa shape index (κ3) is 3.39. The smallest absolute Gasteiger partial charge is 0.275 e. The molecule has 4 rings (SSSR count). The zero-order valence-corrected chi connectivity index (χ0v) is 15.0. The van der Waals surface area contributed by atoms with E-state index < -0.39 is 11.8 Å². The molecule has 9 nitrogen and oxygen atoms in total. The van der Waals surface area contributed by atoms with Crippen molar-refractivity contribution in [2.45, 2.75) is 25.5 Å². The SMILES string of the molecule is NC(=O)c1ccccc1NC(=O)c1cn(C[C@@H]2CCCO2)cc2c(=O)[nH]nc1-2. The van der Waals surface area contributed by atoms with Crippen molar-refractivity contribution in [3.8, 4) is 11.3 Å². The van der Waals surface area contributed by atoms with Crippen LogP contribution in [-0.4, -0.2) is 39.3 Å². The van der Waals surface area contributed by atoms with Gasteiger partial charge in [0, 0.05) is 25.5 Å². The number of benzene rings is 1. The summed E-state index contributed by atoms with van der Waals surface area (Å²) in [6.45, 7) is 1.24. The highest BCUT2D eigenvalue weighted by molar-refractivity contribution is 6.11. The number of aromatic nitrogens is 3. The van der Waals surface area contributed by atoms with Crippen molar-refractivity contribution in [2.75, 3.05) is 11.9 Å². The number of pyridine rings is 1. The van der Waals surface area contributed by atoms with Gasteiger partial charge in [-0.3, -0.25) is 14.4 Å². The maximum absolute atomic E-state index is 12.9. The van der Waals surface area contributed by atoms with Crippen molar-refractivity contribution in [3.05, 3.63) is 58.1 Å². The van der Waals surface area contributed by atoms with Crippen LogP contribution in [0.2, 0.25) is 0 Å². The standard InChI is InChI=1S/C19H19N5O4/c20-17(25)12-5-1-2-6-15(12)21-18(26)13-9-24(8-11-4-3-7-28-11)10-14-16(13)22-23-19(14)27/h1-2,5-6,9-11H,3-4,7-8H2,(H2,20,25)(H,21,26)(H,23,27)/t11-/m0/s1. The van der Waals surface area contributed by atoms with Gasteiger partial charge >= 0.3 is 0 Å². The quantitative estimate of drug-likeness (QED) is 0.611. The molecule has 1 saturated heterocycles. The number of fused-ring (bicyclic) bond motifs is 1. The number of nitrogens with zero attached hydrogens (tertiary/aromatic N) is 2. The first-order valence-corrected chi connectivity index (χ1v) is 8.93. The molecule has 3 aliphatic heterocycles. The number of hydrogen-bond acceptors (Lipinski definition) is 5. The van der Waals surface area contributed by atoms with E-state index in [1.807, 2.05) is 0 Å². The minimum atomic E-state index is -0.649. The molecule has 0 spiro atoms. The number of anilines is 1. The number of primary amides is 1. The van der Waals surface area contributed by atoms with Gasteiger partial charge in [0.05, 0.1) is 28.5 Å². The van der Waals surface area contributed by atoms with Crippen molar-refractivity contribution < 1.29 is 14.3 Å². The molecule has 9 heteroatoms. The van der Waals surface area contributed by atoms with Gasteiger partial charge in [-0.2, -0.15) is 5.10 Å². The van der Waals surface area contributed by atoms with Crippen LogP contribution in [-0.2, 0) is 11.3 Å². The molecule has 1 fully saturated rings. The fourth-order valence-corrected chi connectivity index (χ4v) is 3.38. The largest absolute Gasteiger partial charge is 0.376 e. The molecule has 0 bridgehead atoms. The molecular weight excluding hydrogens is 362 g/mol. The van der Waals surface area contributed by atoms with Crippen LogP contribution >= 0.6 is 0 Å². The maximum atomic E-state index is 12.9. The number of carbonyl (C=O) groups is 2. The summed E-state index contributed by atoms with van der Waals surface area (Å²) in [4.78, 5) is 36.6. The molecule has 144 valence electrons. The molecule has 4 N–H and O–H groups in total. The Bertz CT molecular complexity index is 1060. The molecule has 1 aromatic rings. The first-order chi connectivity index (χ1) is 13.5. The van der Waals surface area contributed by atoms with E-state index in [-0.39, 0.29) is 28.5 Å². The second-order valence-corrected chi connectivity index (χ2v) is 6.68. The van der Waals surface area contributed by atoms with E-state index in [0.29, 0.717) is 24.4 Å². The number of nitrogens with two attached hydrogens (primary N) is 1. The van der Waals surface area contributed by atoms with Crippen LogP contribution < -0.4 is 16.6 Å². The number of ether oxygens (including phenoxy) is 1. The van der Waals surface area contributed by atoms with Crippen LogP contribution in [0.4, 0.5) is 5.69 Å². The molecule has 1 atom stereocenters. The van der Waals surface area contributed by atoms with E-state index in [1.165, 1.54) is 6.07 Å². The lowest BCUT2D eigenvalue weighted by atomic mass is 10.1. The van der Waals surface area contributed by atoms with Gasteiger partial charge in [-0.1, -0.05) is 12.1 Å². The lowest BCUT2D eigenvalue weighted by Crippen LogP contribution is -2.22. The van der Waals surface area contributed by atoms with Crippen molar-refractivity contribution in [1.29, 1.82) is 0 Å². The fourth-order valence-electron chi connectivity index (χ4n) is 3.38. The first kappa shape index (κ1) is 17.9. The van der Waals surface area contributed by atoms with E-state index >= 15 is 0 Å². The van der Waals surface area contributed by atoms with E-state index in [0.717, 1.165) is 12.8 Å². The predicted molar refractivity (Wildman–Crippen MR) is 101 cm³/mol. The van der Waals surface area contributed by atoms with E-state index in [1.54, 1.807) is 35.2 Å². The summed E-state index contributed by atoms with van der Waals surface area (Å²) in [7, 11) is 0. The Labute approximate surface area is 159 Å². The average molecular weight is 381 g/mol. The zero-order chi connectivity index (χ0) is 19.7. The molecule has 1 aromatic carbocycles. The van der Waals surface area contributed by atoms with Crippen LogP contribution in [0, 0.1) is 0 Å². The van der Waals surface area contributed by atoms with Crippen LogP contribution in [0.25, 0.3) is 11.3 Å². The highest BCUT2D eigenvalue weighted by atomic mass is 16.5. The Morgan fingerprint density at radius 1 is 1.29 bits per heavy atom. The van der Waals surface area contributed by atoms with Gasteiger partial charge in [0.15, 0.2) is 0 Å². The van der Waals surface area contributed by atoms with Gasteiger partial charge in [-0.25, -0.2) is 5.10 Å². The molecule has 0 unspecified atom stereocenters. The summed E-state index contributed by atoms with van der Waals surface area (Å²) in [5.41, 5.74) is 6.28. The number of amides is 2. The first-order valence-electron chi connectivity index (χ1n) is 8.93. The Kier molecular flexibility index (Phi) is 4.66. The van der Waals surface area contributed by atoms with Gasteiger partial charge in [0.25, 0.3) is 17.4 Å². The van der Waals surface area contributed by atoms with Crippen LogP contribution in [0.3, 0.4) is 0 Å². The van der Waals surface area contributed by atoms with Crippen molar-refractivity contribution in [1.82, 2.24) is 14.8 Å². The Morgan fingerprint density at radius 2 is 2.11 bits per heavy atom. The summed E-state index contributed by atoms with van der Waals surface area (Å²) in [6.07, 6.45) is 5.25. The summed E-state index contributed by atoms with van der Waals surface area (Å²) in [6, 6.07) is 6.45. The third-order valence-corrected chi connectivity index (χ3v) is 4.74. The second-order valence-electron chi connectivity index (χ2n) is 6.68. The Balaban J connectivity index is 1.69. The molecule has 0 aliphatic carbocycles. The molecular formula is C19H19N5O4. The molecule has 0 saturated carbocycles. The molecule has 0 aromatic heterocycles. The lowest BCUT2D eigenvalue weighted by Gasteiger charge is -2.16. The highest BCUT2D eigenvalue weighted by Crippen LogP contribution is 2.24. The van der Waals surface area contributed by atoms with Gasteiger partial charge in [-0.05, 0) is 25.0 Å². The number of para-hydroxylation sites is 1.